The maximum Gasteiger partial charge on any atom is 0.222 e. The third-order valence-corrected chi connectivity index (χ3v) is 9.80. The molecule has 1 atom stereocenters. The normalized spacial score (nSPS) is 20.0. The van der Waals surface area contributed by atoms with Crippen molar-refractivity contribution in [2.75, 3.05) is 13.2 Å². The van der Waals surface area contributed by atoms with Gasteiger partial charge in [-0.25, -0.2) is 0 Å². The van der Waals surface area contributed by atoms with Gasteiger partial charge in [0.1, 0.15) is 0 Å². The first-order valence-electron chi connectivity index (χ1n) is 8.65. The molecule has 1 amide bonds. The van der Waals surface area contributed by atoms with Crippen LogP contribution in [0.2, 0.25) is 18.1 Å². The molecule has 1 heterocycles. The Hall–Kier alpha value is -1.13. The zero-order valence-corrected chi connectivity index (χ0v) is 16.3. The van der Waals surface area contributed by atoms with Gasteiger partial charge in [-0.1, -0.05) is 51.1 Å². The number of piperidine rings is 1. The number of carbonyl (C=O) groups excluding carboxylic acids is 1. The Morgan fingerprint density at radius 3 is 2.48 bits per heavy atom. The predicted octanol–water partition coefficient (Wildman–Crippen LogP) is 4.45. The van der Waals surface area contributed by atoms with E-state index in [-0.39, 0.29) is 10.9 Å². The Morgan fingerprint density at radius 1 is 1.22 bits per heavy atom. The van der Waals surface area contributed by atoms with Crippen LogP contribution < -0.4 is 0 Å². The summed E-state index contributed by atoms with van der Waals surface area (Å²) in [7, 11) is -1.71. The molecule has 23 heavy (non-hydrogen) atoms. The molecule has 0 N–H and O–H groups in total. The highest BCUT2D eigenvalue weighted by molar-refractivity contribution is 6.74. The van der Waals surface area contributed by atoms with E-state index >= 15 is 0 Å². The summed E-state index contributed by atoms with van der Waals surface area (Å²) in [6, 6.07) is 10.2. The van der Waals surface area contributed by atoms with E-state index in [4.69, 9.17) is 4.43 Å². The average Bonchev–Trinajstić information content (AvgIpc) is 2.48. The lowest BCUT2D eigenvalue weighted by molar-refractivity contribution is -0.135. The molecule has 0 bridgehead atoms. The van der Waals surface area contributed by atoms with Crippen LogP contribution in [0.1, 0.15) is 39.2 Å². The summed E-state index contributed by atoms with van der Waals surface area (Å²) in [5, 5.41) is 0.237. The van der Waals surface area contributed by atoms with Gasteiger partial charge >= 0.3 is 0 Å². The van der Waals surface area contributed by atoms with E-state index in [1.54, 1.807) is 0 Å². The fourth-order valence-corrected chi connectivity index (χ4v) is 3.71. The van der Waals surface area contributed by atoms with Crippen molar-refractivity contribution in [2.24, 2.45) is 5.92 Å². The summed E-state index contributed by atoms with van der Waals surface area (Å²) in [4.78, 5) is 14.2. The van der Waals surface area contributed by atoms with Gasteiger partial charge in [0.15, 0.2) is 8.32 Å². The monoisotopic (exact) mass is 333 g/mol. The van der Waals surface area contributed by atoms with E-state index in [9.17, 15) is 4.79 Å². The molecule has 0 saturated carbocycles. The number of hydrogen-bond acceptors (Lipinski definition) is 2. The number of hydrogen-bond donors (Lipinski definition) is 0. The molecule has 1 aromatic carbocycles. The van der Waals surface area contributed by atoms with Crippen molar-refractivity contribution in [1.82, 2.24) is 4.90 Å². The van der Waals surface area contributed by atoms with E-state index in [2.05, 4.69) is 46.0 Å². The summed E-state index contributed by atoms with van der Waals surface area (Å²) in [6.07, 6.45) is 1.61. The zero-order valence-electron chi connectivity index (χ0n) is 15.3. The van der Waals surface area contributed by atoms with E-state index in [0.29, 0.717) is 12.3 Å². The molecule has 1 saturated heterocycles. The summed E-state index contributed by atoms with van der Waals surface area (Å²) >= 11 is 0. The largest absolute Gasteiger partial charge is 0.416 e. The van der Waals surface area contributed by atoms with Crippen LogP contribution in [-0.4, -0.2) is 32.3 Å². The number of likely N-dealkylation sites (tertiary alicyclic amines) is 1. The third-order valence-electron chi connectivity index (χ3n) is 5.30. The van der Waals surface area contributed by atoms with Gasteiger partial charge < -0.3 is 9.33 Å². The third kappa shape index (κ3) is 4.92. The standard InChI is InChI=1S/C19H31NO2Si/c1-19(2,3)23(4,5)22-15-17-11-12-18(21)20(14-17)13-16-9-7-6-8-10-16/h6-10,17H,11-15H2,1-5H3/t17-/m1/s1. The smallest absolute Gasteiger partial charge is 0.222 e. The van der Waals surface area contributed by atoms with Crippen molar-refractivity contribution in [2.45, 2.75) is 58.3 Å². The summed E-state index contributed by atoms with van der Waals surface area (Å²) < 4.78 is 6.37. The van der Waals surface area contributed by atoms with E-state index in [1.807, 2.05) is 23.1 Å². The SMILES string of the molecule is CC(C)(C)[Si](C)(C)OC[C@@H]1CCC(=O)N(Cc2ccccc2)C1. The minimum atomic E-state index is -1.71. The van der Waals surface area contributed by atoms with Crippen molar-refractivity contribution in [3.63, 3.8) is 0 Å². The molecule has 0 aliphatic carbocycles. The lowest BCUT2D eigenvalue weighted by Gasteiger charge is -2.39. The fourth-order valence-electron chi connectivity index (χ4n) is 2.63. The first-order chi connectivity index (χ1) is 10.7. The number of carbonyl (C=O) groups is 1. The Balaban J connectivity index is 1.91. The van der Waals surface area contributed by atoms with Crippen LogP contribution in [0.25, 0.3) is 0 Å². The number of nitrogens with zero attached hydrogens (tertiary/aromatic N) is 1. The highest BCUT2D eigenvalue weighted by atomic mass is 28.4. The molecule has 4 heteroatoms. The predicted molar refractivity (Wildman–Crippen MR) is 97.7 cm³/mol. The van der Waals surface area contributed by atoms with Crippen LogP contribution in [0.3, 0.4) is 0 Å². The van der Waals surface area contributed by atoms with Crippen molar-refractivity contribution < 1.29 is 9.22 Å². The van der Waals surface area contributed by atoms with Gasteiger partial charge in [0.05, 0.1) is 0 Å². The van der Waals surface area contributed by atoms with Gasteiger partial charge in [-0.2, -0.15) is 0 Å². The minimum Gasteiger partial charge on any atom is -0.416 e. The van der Waals surface area contributed by atoms with Gasteiger partial charge in [-0.3, -0.25) is 4.79 Å². The zero-order chi connectivity index (χ0) is 17.1. The van der Waals surface area contributed by atoms with Gasteiger partial charge in [0.25, 0.3) is 0 Å². The number of rotatable bonds is 5. The maximum absolute atomic E-state index is 12.2. The maximum atomic E-state index is 12.2. The average molecular weight is 334 g/mol. The fraction of sp³-hybridized carbons (Fsp3) is 0.632. The lowest BCUT2D eigenvalue weighted by Crippen LogP contribution is -2.45. The Morgan fingerprint density at radius 2 is 1.87 bits per heavy atom. The van der Waals surface area contributed by atoms with E-state index in [0.717, 1.165) is 26.1 Å². The van der Waals surface area contributed by atoms with Gasteiger partial charge in [0.2, 0.25) is 5.91 Å². The highest BCUT2D eigenvalue weighted by Crippen LogP contribution is 2.37. The van der Waals surface area contributed by atoms with Crippen LogP contribution in [0.15, 0.2) is 30.3 Å². The molecule has 1 aromatic rings. The quantitative estimate of drug-likeness (QED) is 0.745. The van der Waals surface area contributed by atoms with Crippen molar-refractivity contribution in [3.05, 3.63) is 35.9 Å². The number of amides is 1. The molecule has 0 radical (unpaired) electrons. The molecule has 2 rings (SSSR count). The Labute approximate surface area is 142 Å². The molecular formula is C19H31NO2Si. The van der Waals surface area contributed by atoms with E-state index < -0.39 is 8.32 Å². The second-order valence-electron chi connectivity index (χ2n) is 8.24. The molecule has 0 aromatic heterocycles. The van der Waals surface area contributed by atoms with Crippen molar-refractivity contribution in [3.8, 4) is 0 Å². The second kappa shape index (κ2) is 7.18. The van der Waals surface area contributed by atoms with Crippen molar-refractivity contribution >= 4 is 14.2 Å². The topological polar surface area (TPSA) is 29.5 Å². The van der Waals surface area contributed by atoms with E-state index in [1.165, 1.54) is 5.56 Å². The molecule has 1 aliphatic heterocycles. The molecule has 1 aliphatic rings. The molecular weight excluding hydrogens is 302 g/mol. The molecule has 0 unspecified atom stereocenters. The van der Waals surface area contributed by atoms with Gasteiger partial charge in [-0.15, -0.1) is 0 Å². The van der Waals surface area contributed by atoms with Crippen LogP contribution >= 0.6 is 0 Å². The summed E-state index contributed by atoms with van der Waals surface area (Å²) in [6.45, 7) is 13.7. The summed E-state index contributed by atoms with van der Waals surface area (Å²) in [5.74, 6) is 0.739. The molecule has 128 valence electrons. The Bertz CT molecular complexity index is 522. The number of benzene rings is 1. The van der Waals surface area contributed by atoms with Crippen LogP contribution in [0.5, 0.6) is 0 Å². The van der Waals surface area contributed by atoms with Gasteiger partial charge in [0, 0.05) is 26.1 Å². The first kappa shape index (κ1) is 18.2. The van der Waals surface area contributed by atoms with Gasteiger partial charge in [-0.05, 0) is 36.0 Å². The summed E-state index contributed by atoms with van der Waals surface area (Å²) in [5.41, 5.74) is 1.20. The van der Waals surface area contributed by atoms with Crippen molar-refractivity contribution in [1.29, 1.82) is 0 Å². The Kier molecular flexibility index (Phi) is 5.68. The molecule has 0 spiro atoms. The van der Waals surface area contributed by atoms with Crippen LogP contribution in [-0.2, 0) is 15.8 Å². The highest BCUT2D eigenvalue weighted by Gasteiger charge is 2.38. The minimum absolute atomic E-state index is 0.237. The molecule has 1 fully saturated rings. The van der Waals surface area contributed by atoms with Crippen LogP contribution in [0.4, 0.5) is 0 Å². The second-order valence-corrected chi connectivity index (χ2v) is 13.0. The van der Waals surface area contributed by atoms with Crippen LogP contribution in [0, 0.1) is 5.92 Å². The molecule has 3 nitrogen and oxygen atoms in total. The first-order valence-corrected chi connectivity index (χ1v) is 11.6. The lowest BCUT2D eigenvalue weighted by atomic mass is 9.98.